The lowest BCUT2D eigenvalue weighted by Gasteiger charge is -2.05. The molecular weight excluding hydrogens is 172 g/mol. The molecule has 0 amide bonds. The predicted octanol–water partition coefficient (Wildman–Crippen LogP) is 0.141. The summed E-state index contributed by atoms with van der Waals surface area (Å²) in [7, 11) is 3.88. The number of hydrogen-bond acceptors (Lipinski definition) is 6. The minimum atomic E-state index is 0.219. The number of rotatable bonds is 4. The Morgan fingerprint density at radius 3 is 2.92 bits per heavy atom. The van der Waals surface area contributed by atoms with Crippen LogP contribution in [-0.4, -0.2) is 41.9 Å². The zero-order valence-electron chi connectivity index (χ0n) is 7.52. The molecule has 1 aromatic rings. The second kappa shape index (κ2) is 4.49. The molecule has 1 heterocycles. The van der Waals surface area contributed by atoms with E-state index in [1.165, 1.54) is 6.08 Å². The maximum atomic E-state index is 9.95. The SMILES string of the molecule is CN(C)CCc1nonc1N=C=O. The van der Waals surface area contributed by atoms with Crippen molar-refractivity contribution < 1.29 is 9.42 Å². The van der Waals surface area contributed by atoms with Gasteiger partial charge in [0.2, 0.25) is 11.9 Å². The Morgan fingerprint density at radius 1 is 1.54 bits per heavy atom. The molecule has 0 aliphatic rings. The van der Waals surface area contributed by atoms with Gasteiger partial charge in [0.15, 0.2) is 0 Å². The summed E-state index contributed by atoms with van der Waals surface area (Å²) in [5.41, 5.74) is 0.581. The Morgan fingerprint density at radius 2 is 2.31 bits per heavy atom. The Hall–Kier alpha value is -1.52. The van der Waals surface area contributed by atoms with E-state index in [0.717, 1.165) is 6.54 Å². The number of hydrogen-bond donors (Lipinski definition) is 0. The number of nitrogens with zero attached hydrogens (tertiary/aromatic N) is 4. The quantitative estimate of drug-likeness (QED) is 0.489. The van der Waals surface area contributed by atoms with E-state index in [2.05, 4.69) is 19.9 Å². The molecule has 70 valence electrons. The van der Waals surface area contributed by atoms with Crippen LogP contribution in [0.5, 0.6) is 0 Å². The molecule has 0 bridgehead atoms. The molecule has 0 spiro atoms. The minimum Gasteiger partial charge on any atom is -0.309 e. The van der Waals surface area contributed by atoms with Crippen LogP contribution in [0.15, 0.2) is 9.62 Å². The summed E-state index contributed by atoms with van der Waals surface area (Å²) in [5.74, 6) is 0.219. The third kappa shape index (κ3) is 2.77. The van der Waals surface area contributed by atoms with E-state index < -0.39 is 0 Å². The van der Waals surface area contributed by atoms with Gasteiger partial charge in [0, 0.05) is 13.0 Å². The summed E-state index contributed by atoms with van der Waals surface area (Å²) in [6.07, 6.45) is 2.05. The molecule has 1 rings (SSSR count). The standard InChI is InChI=1S/C7H10N4O2/c1-11(2)4-3-6-7(8-5-12)10-13-9-6/h3-4H2,1-2H3. The first kappa shape index (κ1) is 9.57. The van der Waals surface area contributed by atoms with Gasteiger partial charge >= 0.3 is 0 Å². The third-order valence-corrected chi connectivity index (χ3v) is 1.48. The molecule has 0 unspecified atom stereocenters. The summed E-state index contributed by atoms with van der Waals surface area (Å²) in [5, 5.41) is 7.07. The molecule has 0 aromatic carbocycles. The normalized spacial score (nSPS) is 10.1. The molecule has 0 fully saturated rings. The Balaban J connectivity index is 2.65. The van der Waals surface area contributed by atoms with E-state index in [-0.39, 0.29) is 5.82 Å². The molecule has 0 aliphatic carbocycles. The molecule has 1 aromatic heterocycles. The fourth-order valence-corrected chi connectivity index (χ4v) is 0.817. The zero-order chi connectivity index (χ0) is 9.68. The van der Waals surface area contributed by atoms with Gasteiger partial charge in [-0.1, -0.05) is 5.16 Å². The lowest BCUT2D eigenvalue weighted by atomic mass is 10.3. The monoisotopic (exact) mass is 182 g/mol. The Kier molecular flexibility index (Phi) is 3.31. The molecule has 6 nitrogen and oxygen atoms in total. The van der Waals surface area contributed by atoms with Gasteiger partial charge in [-0.15, -0.1) is 4.99 Å². The summed E-state index contributed by atoms with van der Waals surface area (Å²) in [6, 6.07) is 0. The maximum Gasteiger partial charge on any atom is 0.242 e. The molecule has 0 saturated heterocycles. The molecule has 13 heavy (non-hydrogen) atoms. The molecule has 0 radical (unpaired) electrons. The molecule has 0 atom stereocenters. The van der Waals surface area contributed by atoms with Crippen LogP contribution in [0.2, 0.25) is 0 Å². The second-order valence-corrected chi connectivity index (χ2v) is 2.79. The van der Waals surface area contributed by atoms with Crippen LogP contribution in [0.1, 0.15) is 5.69 Å². The van der Waals surface area contributed by atoms with Gasteiger partial charge in [-0.25, -0.2) is 9.42 Å². The summed E-state index contributed by atoms with van der Waals surface area (Å²) >= 11 is 0. The van der Waals surface area contributed by atoms with Crippen molar-refractivity contribution in [2.45, 2.75) is 6.42 Å². The zero-order valence-corrected chi connectivity index (χ0v) is 7.52. The first-order valence-corrected chi connectivity index (χ1v) is 3.78. The highest BCUT2D eigenvalue weighted by molar-refractivity contribution is 5.45. The first-order chi connectivity index (χ1) is 6.24. The average molecular weight is 182 g/mol. The fraction of sp³-hybridized carbons (Fsp3) is 0.571. The van der Waals surface area contributed by atoms with Crippen molar-refractivity contribution in [3.63, 3.8) is 0 Å². The maximum absolute atomic E-state index is 9.95. The van der Waals surface area contributed by atoms with Crippen LogP contribution < -0.4 is 0 Å². The second-order valence-electron chi connectivity index (χ2n) is 2.79. The lowest BCUT2D eigenvalue weighted by Crippen LogP contribution is -2.15. The molecular formula is C7H10N4O2. The van der Waals surface area contributed by atoms with Crippen molar-refractivity contribution >= 4 is 11.9 Å². The highest BCUT2D eigenvalue weighted by Crippen LogP contribution is 2.12. The number of isocyanates is 1. The lowest BCUT2D eigenvalue weighted by molar-refractivity contribution is 0.302. The van der Waals surface area contributed by atoms with Crippen LogP contribution in [0.3, 0.4) is 0 Å². The first-order valence-electron chi connectivity index (χ1n) is 3.78. The molecule has 0 N–H and O–H groups in total. The van der Waals surface area contributed by atoms with Gasteiger partial charge in [0.1, 0.15) is 5.69 Å². The third-order valence-electron chi connectivity index (χ3n) is 1.48. The van der Waals surface area contributed by atoms with E-state index in [0.29, 0.717) is 12.1 Å². The van der Waals surface area contributed by atoms with E-state index in [1.807, 2.05) is 19.0 Å². The van der Waals surface area contributed by atoms with Crippen LogP contribution in [0.25, 0.3) is 0 Å². The van der Waals surface area contributed by atoms with Crippen LogP contribution in [0.4, 0.5) is 5.82 Å². The van der Waals surface area contributed by atoms with Crippen molar-refractivity contribution in [1.82, 2.24) is 15.2 Å². The minimum absolute atomic E-state index is 0.219. The molecule has 0 saturated carbocycles. The number of aromatic nitrogens is 2. The summed E-state index contributed by atoms with van der Waals surface area (Å²) in [4.78, 5) is 15.3. The van der Waals surface area contributed by atoms with E-state index in [1.54, 1.807) is 0 Å². The molecule has 6 heteroatoms. The predicted molar refractivity (Wildman–Crippen MR) is 44.3 cm³/mol. The number of aliphatic imine (C=N–C) groups is 1. The van der Waals surface area contributed by atoms with E-state index >= 15 is 0 Å². The fourth-order valence-electron chi connectivity index (χ4n) is 0.817. The van der Waals surface area contributed by atoms with Gasteiger partial charge in [-0.2, -0.15) is 0 Å². The smallest absolute Gasteiger partial charge is 0.242 e. The van der Waals surface area contributed by atoms with E-state index in [4.69, 9.17) is 0 Å². The van der Waals surface area contributed by atoms with Crippen molar-refractivity contribution in [3.8, 4) is 0 Å². The average Bonchev–Trinajstić information content (AvgIpc) is 2.49. The topological polar surface area (TPSA) is 71.6 Å². The van der Waals surface area contributed by atoms with Gasteiger partial charge in [0.25, 0.3) is 0 Å². The largest absolute Gasteiger partial charge is 0.309 e. The van der Waals surface area contributed by atoms with Gasteiger partial charge in [-0.05, 0) is 19.3 Å². The van der Waals surface area contributed by atoms with Gasteiger partial charge in [0.05, 0.1) is 0 Å². The van der Waals surface area contributed by atoms with Crippen LogP contribution in [0, 0.1) is 0 Å². The highest BCUT2D eigenvalue weighted by atomic mass is 16.6. The number of carbonyl (C=O) groups excluding carboxylic acids is 1. The highest BCUT2D eigenvalue weighted by Gasteiger charge is 2.08. The van der Waals surface area contributed by atoms with Crippen LogP contribution in [-0.2, 0) is 11.2 Å². The Labute approximate surface area is 75.2 Å². The van der Waals surface area contributed by atoms with Crippen molar-refractivity contribution in [2.75, 3.05) is 20.6 Å². The van der Waals surface area contributed by atoms with Gasteiger partial charge in [-0.3, -0.25) is 0 Å². The van der Waals surface area contributed by atoms with Crippen molar-refractivity contribution in [1.29, 1.82) is 0 Å². The number of likely N-dealkylation sites (N-methyl/N-ethyl adjacent to an activating group) is 1. The van der Waals surface area contributed by atoms with Crippen molar-refractivity contribution in [2.24, 2.45) is 4.99 Å². The van der Waals surface area contributed by atoms with E-state index in [9.17, 15) is 4.79 Å². The Bertz CT molecular complexity index is 314. The van der Waals surface area contributed by atoms with Crippen LogP contribution >= 0.6 is 0 Å². The van der Waals surface area contributed by atoms with Gasteiger partial charge < -0.3 is 4.90 Å². The molecule has 0 aliphatic heterocycles. The summed E-state index contributed by atoms with van der Waals surface area (Å²) < 4.78 is 4.44. The van der Waals surface area contributed by atoms with Crippen molar-refractivity contribution in [3.05, 3.63) is 5.69 Å². The summed E-state index contributed by atoms with van der Waals surface area (Å²) in [6.45, 7) is 0.801.